The van der Waals surface area contributed by atoms with Gasteiger partial charge in [-0.05, 0) is 13.3 Å². The third-order valence-corrected chi connectivity index (χ3v) is 4.32. The minimum absolute atomic E-state index is 0.212. The number of piperazine rings is 1. The normalized spacial score (nSPS) is 26.2. The van der Waals surface area contributed by atoms with Crippen LogP contribution in [0.5, 0.6) is 0 Å². The van der Waals surface area contributed by atoms with Gasteiger partial charge in [0.05, 0.1) is 5.75 Å². The van der Waals surface area contributed by atoms with Gasteiger partial charge in [-0.15, -0.1) is 0 Å². The van der Waals surface area contributed by atoms with E-state index < -0.39 is 10.0 Å². The van der Waals surface area contributed by atoms with Crippen molar-refractivity contribution in [2.24, 2.45) is 0 Å². The molecule has 1 fully saturated rings. The average molecular weight is 206 g/mol. The van der Waals surface area contributed by atoms with Gasteiger partial charge in [0, 0.05) is 25.7 Å². The second-order valence-corrected chi connectivity index (χ2v) is 5.58. The predicted octanol–water partition coefficient (Wildman–Crippen LogP) is 0.0199. The van der Waals surface area contributed by atoms with Gasteiger partial charge < -0.3 is 5.32 Å². The number of hydrogen-bond acceptors (Lipinski definition) is 3. The third-order valence-electron chi connectivity index (χ3n) is 2.47. The molecular formula is C8H18N2O2S. The average Bonchev–Trinajstić information content (AvgIpc) is 2.18. The summed E-state index contributed by atoms with van der Waals surface area (Å²) in [5, 5.41) is 3.29. The van der Waals surface area contributed by atoms with E-state index in [9.17, 15) is 8.42 Å². The molecule has 0 aliphatic carbocycles. The van der Waals surface area contributed by atoms with Crippen molar-refractivity contribution in [3.8, 4) is 0 Å². The molecule has 1 aliphatic heterocycles. The monoisotopic (exact) mass is 206 g/mol. The first-order chi connectivity index (χ1) is 6.10. The molecular weight excluding hydrogens is 188 g/mol. The molecule has 1 atom stereocenters. The van der Waals surface area contributed by atoms with Gasteiger partial charge in [-0.3, -0.25) is 0 Å². The minimum Gasteiger partial charge on any atom is -0.311 e. The Morgan fingerprint density at radius 3 is 2.69 bits per heavy atom. The summed E-state index contributed by atoms with van der Waals surface area (Å²) < 4.78 is 24.6. The molecule has 0 saturated carbocycles. The molecule has 1 N–H and O–H groups in total. The zero-order chi connectivity index (χ0) is 9.90. The van der Waals surface area contributed by atoms with E-state index in [2.05, 4.69) is 12.2 Å². The van der Waals surface area contributed by atoms with E-state index in [0.717, 1.165) is 13.0 Å². The van der Waals surface area contributed by atoms with E-state index in [1.165, 1.54) is 0 Å². The van der Waals surface area contributed by atoms with E-state index in [1.54, 1.807) is 11.2 Å². The van der Waals surface area contributed by atoms with E-state index in [1.807, 2.05) is 0 Å². The highest BCUT2D eigenvalue weighted by Crippen LogP contribution is 2.07. The fourth-order valence-corrected chi connectivity index (χ4v) is 2.65. The van der Waals surface area contributed by atoms with Gasteiger partial charge in [0.1, 0.15) is 0 Å². The van der Waals surface area contributed by atoms with Crippen LogP contribution in [-0.2, 0) is 10.0 Å². The second kappa shape index (κ2) is 4.39. The second-order valence-electron chi connectivity index (χ2n) is 3.32. The van der Waals surface area contributed by atoms with E-state index in [4.69, 9.17) is 0 Å². The Labute approximate surface area is 80.4 Å². The molecule has 1 rings (SSSR count). The smallest absolute Gasteiger partial charge is 0.213 e. The Bertz CT molecular complexity index is 251. The fourth-order valence-electron chi connectivity index (χ4n) is 1.50. The minimum atomic E-state index is -2.97. The molecule has 13 heavy (non-hydrogen) atoms. The van der Waals surface area contributed by atoms with Gasteiger partial charge >= 0.3 is 0 Å². The molecule has 0 radical (unpaired) electrons. The summed E-state index contributed by atoms with van der Waals surface area (Å²) >= 11 is 0. The van der Waals surface area contributed by atoms with Crippen LogP contribution >= 0.6 is 0 Å². The highest BCUT2D eigenvalue weighted by molar-refractivity contribution is 7.89. The van der Waals surface area contributed by atoms with Gasteiger partial charge in [0.15, 0.2) is 0 Å². The van der Waals surface area contributed by atoms with Crippen LogP contribution in [0.25, 0.3) is 0 Å². The van der Waals surface area contributed by atoms with Gasteiger partial charge in [0.2, 0.25) is 10.0 Å². The fraction of sp³-hybridized carbons (Fsp3) is 1.00. The van der Waals surface area contributed by atoms with Crippen LogP contribution in [-0.4, -0.2) is 44.2 Å². The van der Waals surface area contributed by atoms with Crippen LogP contribution in [0.4, 0.5) is 0 Å². The zero-order valence-corrected chi connectivity index (χ0v) is 9.10. The zero-order valence-electron chi connectivity index (χ0n) is 8.28. The summed E-state index contributed by atoms with van der Waals surface area (Å²) in [5.74, 6) is 0.212. The summed E-state index contributed by atoms with van der Waals surface area (Å²) in [4.78, 5) is 0. The third kappa shape index (κ3) is 2.65. The van der Waals surface area contributed by atoms with E-state index >= 15 is 0 Å². The molecule has 4 nitrogen and oxygen atoms in total. The first-order valence-corrected chi connectivity index (χ1v) is 6.42. The van der Waals surface area contributed by atoms with Crippen molar-refractivity contribution in [3.05, 3.63) is 0 Å². The van der Waals surface area contributed by atoms with Gasteiger partial charge in [-0.1, -0.05) is 6.92 Å². The summed E-state index contributed by atoms with van der Waals surface area (Å²) in [6.07, 6.45) is 0.982. The number of sulfonamides is 1. The lowest BCUT2D eigenvalue weighted by Gasteiger charge is -2.32. The highest BCUT2D eigenvalue weighted by Gasteiger charge is 2.25. The quantitative estimate of drug-likeness (QED) is 0.708. The number of hydrogen-bond donors (Lipinski definition) is 1. The largest absolute Gasteiger partial charge is 0.311 e. The number of nitrogens with zero attached hydrogens (tertiary/aromatic N) is 1. The molecule has 0 bridgehead atoms. The van der Waals surface area contributed by atoms with Crippen LogP contribution in [0.1, 0.15) is 20.3 Å². The maximum Gasteiger partial charge on any atom is 0.213 e. The molecule has 1 aliphatic rings. The Hall–Kier alpha value is -0.130. The molecule has 0 spiro atoms. The highest BCUT2D eigenvalue weighted by atomic mass is 32.2. The lowest BCUT2D eigenvalue weighted by Crippen LogP contribution is -2.52. The molecule has 1 heterocycles. The topological polar surface area (TPSA) is 49.4 Å². The Morgan fingerprint density at radius 2 is 2.15 bits per heavy atom. The van der Waals surface area contributed by atoms with Crippen molar-refractivity contribution in [3.63, 3.8) is 0 Å². The Balaban J connectivity index is 2.61. The summed E-state index contributed by atoms with van der Waals surface area (Å²) in [6.45, 7) is 5.79. The van der Waals surface area contributed by atoms with E-state index in [0.29, 0.717) is 19.1 Å². The summed E-state index contributed by atoms with van der Waals surface area (Å²) in [7, 11) is -2.97. The van der Waals surface area contributed by atoms with Crippen molar-refractivity contribution in [1.29, 1.82) is 0 Å². The van der Waals surface area contributed by atoms with Crippen molar-refractivity contribution in [1.82, 2.24) is 9.62 Å². The van der Waals surface area contributed by atoms with Crippen molar-refractivity contribution < 1.29 is 8.42 Å². The maximum absolute atomic E-state index is 11.5. The van der Waals surface area contributed by atoms with Crippen molar-refractivity contribution in [2.45, 2.75) is 26.3 Å². The molecule has 78 valence electrons. The van der Waals surface area contributed by atoms with Gasteiger partial charge in [-0.25, -0.2) is 8.42 Å². The van der Waals surface area contributed by atoms with E-state index in [-0.39, 0.29) is 5.75 Å². The van der Waals surface area contributed by atoms with Crippen LogP contribution in [0.15, 0.2) is 0 Å². The molecule has 1 saturated heterocycles. The SMILES string of the molecule is CC[C@H]1CN(S(=O)(=O)CC)CCN1. The van der Waals surface area contributed by atoms with Crippen LogP contribution in [0.2, 0.25) is 0 Å². The first-order valence-electron chi connectivity index (χ1n) is 4.81. The molecule has 0 aromatic heterocycles. The number of nitrogens with one attached hydrogen (secondary N) is 1. The lowest BCUT2D eigenvalue weighted by atomic mass is 10.2. The standard InChI is InChI=1S/C8H18N2O2S/c1-3-8-7-10(6-5-9-8)13(11,12)4-2/h8-9H,3-7H2,1-2H3/t8-/m0/s1. The molecule has 0 aromatic carbocycles. The maximum atomic E-state index is 11.5. The van der Waals surface area contributed by atoms with Crippen molar-refractivity contribution >= 4 is 10.0 Å². The Morgan fingerprint density at radius 1 is 1.46 bits per heavy atom. The predicted molar refractivity (Wildman–Crippen MR) is 53.1 cm³/mol. The first kappa shape index (κ1) is 10.9. The van der Waals surface area contributed by atoms with Crippen LogP contribution < -0.4 is 5.32 Å². The van der Waals surface area contributed by atoms with Gasteiger partial charge in [-0.2, -0.15) is 4.31 Å². The summed E-state index contributed by atoms with van der Waals surface area (Å²) in [6, 6.07) is 0.329. The van der Waals surface area contributed by atoms with Crippen LogP contribution in [0, 0.1) is 0 Å². The Kier molecular flexibility index (Phi) is 3.70. The lowest BCUT2D eigenvalue weighted by molar-refractivity contribution is 0.294. The number of rotatable bonds is 3. The molecule has 0 amide bonds. The molecule has 5 heteroatoms. The molecule has 0 unspecified atom stereocenters. The van der Waals surface area contributed by atoms with Crippen LogP contribution in [0.3, 0.4) is 0 Å². The van der Waals surface area contributed by atoms with Crippen molar-refractivity contribution in [2.75, 3.05) is 25.4 Å². The molecule has 0 aromatic rings. The van der Waals surface area contributed by atoms with Gasteiger partial charge in [0.25, 0.3) is 0 Å². The summed E-state index contributed by atoms with van der Waals surface area (Å²) in [5.41, 5.74) is 0.